The molecule has 5 nitrogen and oxygen atoms in total. The number of nitrogens with zero attached hydrogens (tertiary/aromatic N) is 2. The molecule has 0 amide bonds. The highest BCUT2D eigenvalue weighted by Crippen LogP contribution is 2.21. The normalized spacial score (nSPS) is 10.3. The summed E-state index contributed by atoms with van der Waals surface area (Å²) >= 11 is 5.74. The van der Waals surface area contributed by atoms with E-state index in [4.69, 9.17) is 22.1 Å². The summed E-state index contributed by atoms with van der Waals surface area (Å²) in [6.07, 6.45) is 3.38. The topological polar surface area (TPSA) is 73.1 Å². The van der Waals surface area contributed by atoms with Crippen LogP contribution in [0.15, 0.2) is 6.33 Å². The Kier molecular flexibility index (Phi) is 5.14. The molecule has 0 fully saturated rings. The van der Waals surface area contributed by atoms with Crippen molar-refractivity contribution in [2.24, 2.45) is 0 Å². The van der Waals surface area contributed by atoms with Crippen LogP contribution in [0, 0.1) is 0 Å². The number of aromatic nitrogens is 2. The molecule has 1 rings (SSSR count). The zero-order valence-corrected chi connectivity index (χ0v) is 9.42. The lowest BCUT2D eigenvalue weighted by Crippen LogP contribution is -2.07. The summed E-state index contributed by atoms with van der Waals surface area (Å²) in [6, 6.07) is 0. The number of hydrogen-bond acceptors (Lipinski definition) is 5. The predicted molar refractivity (Wildman–Crippen MR) is 61.1 cm³/mol. The van der Waals surface area contributed by atoms with E-state index >= 15 is 0 Å². The highest BCUT2D eigenvalue weighted by molar-refractivity contribution is 6.32. The smallest absolute Gasteiger partial charge is 0.157 e. The fourth-order valence-corrected chi connectivity index (χ4v) is 1.23. The Morgan fingerprint density at radius 3 is 3.00 bits per heavy atom. The lowest BCUT2D eigenvalue weighted by atomic mass is 10.3. The molecule has 0 aliphatic carbocycles. The zero-order chi connectivity index (χ0) is 11.1. The third-order valence-corrected chi connectivity index (χ3v) is 2.20. The van der Waals surface area contributed by atoms with Crippen LogP contribution in [-0.2, 0) is 4.74 Å². The molecule has 6 heteroatoms. The lowest BCUT2D eigenvalue weighted by Gasteiger charge is -2.07. The second kappa shape index (κ2) is 6.42. The van der Waals surface area contributed by atoms with Crippen LogP contribution in [-0.4, -0.2) is 30.2 Å². The fourth-order valence-electron chi connectivity index (χ4n) is 1.09. The molecule has 1 aromatic heterocycles. The van der Waals surface area contributed by atoms with Crippen LogP contribution in [0.25, 0.3) is 0 Å². The summed E-state index contributed by atoms with van der Waals surface area (Å²) in [7, 11) is 1.69. The van der Waals surface area contributed by atoms with Gasteiger partial charge in [-0.25, -0.2) is 9.97 Å². The Labute approximate surface area is 94.0 Å². The Hall–Kier alpha value is -1.07. The van der Waals surface area contributed by atoms with Crippen molar-refractivity contribution in [3.63, 3.8) is 0 Å². The van der Waals surface area contributed by atoms with Crippen molar-refractivity contribution in [3.05, 3.63) is 11.5 Å². The molecule has 0 spiro atoms. The molecule has 0 saturated heterocycles. The molecule has 1 heterocycles. The van der Waals surface area contributed by atoms with Gasteiger partial charge >= 0.3 is 0 Å². The van der Waals surface area contributed by atoms with Gasteiger partial charge in [-0.05, 0) is 12.8 Å². The largest absolute Gasteiger partial charge is 0.393 e. The van der Waals surface area contributed by atoms with E-state index in [1.165, 1.54) is 6.33 Å². The number of nitrogens with one attached hydrogen (secondary N) is 1. The summed E-state index contributed by atoms with van der Waals surface area (Å²) in [6.45, 7) is 1.56. The van der Waals surface area contributed by atoms with Gasteiger partial charge in [0.1, 0.15) is 12.0 Å². The number of halogens is 1. The van der Waals surface area contributed by atoms with Crippen LogP contribution < -0.4 is 11.1 Å². The van der Waals surface area contributed by atoms with Crippen LogP contribution in [0.3, 0.4) is 0 Å². The van der Waals surface area contributed by atoms with Crippen molar-refractivity contribution in [3.8, 4) is 0 Å². The van der Waals surface area contributed by atoms with E-state index in [-0.39, 0.29) is 5.15 Å². The monoisotopic (exact) mass is 230 g/mol. The van der Waals surface area contributed by atoms with Crippen LogP contribution in [0.4, 0.5) is 11.5 Å². The van der Waals surface area contributed by atoms with Gasteiger partial charge in [-0.15, -0.1) is 0 Å². The van der Waals surface area contributed by atoms with Crippen molar-refractivity contribution in [1.82, 2.24) is 9.97 Å². The van der Waals surface area contributed by atoms with Gasteiger partial charge in [-0.1, -0.05) is 11.6 Å². The molecule has 0 bridgehead atoms. The molecule has 15 heavy (non-hydrogen) atoms. The number of anilines is 2. The van der Waals surface area contributed by atoms with E-state index in [1.807, 2.05) is 0 Å². The summed E-state index contributed by atoms with van der Waals surface area (Å²) in [5, 5.41) is 3.38. The first kappa shape index (κ1) is 12.0. The van der Waals surface area contributed by atoms with Crippen LogP contribution in [0.1, 0.15) is 12.8 Å². The Balaban J connectivity index is 2.34. The zero-order valence-electron chi connectivity index (χ0n) is 8.66. The van der Waals surface area contributed by atoms with E-state index < -0.39 is 0 Å². The highest BCUT2D eigenvalue weighted by Gasteiger charge is 2.04. The van der Waals surface area contributed by atoms with Crippen molar-refractivity contribution in [2.75, 3.05) is 31.3 Å². The third kappa shape index (κ3) is 3.89. The fraction of sp³-hybridized carbons (Fsp3) is 0.556. The highest BCUT2D eigenvalue weighted by atomic mass is 35.5. The van der Waals surface area contributed by atoms with E-state index in [0.717, 1.165) is 26.0 Å². The van der Waals surface area contributed by atoms with Gasteiger partial charge in [0, 0.05) is 20.3 Å². The molecule has 0 aliphatic heterocycles. The van der Waals surface area contributed by atoms with Gasteiger partial charge in [0.2, 0.25) is 0 Å². The second-order valence-electron chi connectivity index (χ2n) is 3.05. The molecule has 0 atom stereocenters. The average Bonchev–Trinajstić information content (AvgIpc) is 2.24. The summed E-state index contributed by atoms with van der Waals surface area (Å²) in [5.74, 6) is 0.590. The SMILES string of the molecule is COCCCCNc1ncnc(Cl)c1N. The average molecular weight is 231 g/mol. The van der Waals surface area contributed by atoms with E-state index in [0.29, 0.717) is 11.5 Å². The van der Waals surface area contributed by atoms with Gasteiger partial charge in [-0.2, -0.15) is 0 Å². The molecule has 84 valence electrons. The number of ether oxygens (including phenoxy) is 1. The van der Waals surface area contributed by atoms with Crippen LogP contribution in [0.5, 0.6) is 0 Å². The molecular formula is C9H15ClN4O. The molecule has 0 radical (unpaired) electrons. The maximum Gasteiger partial charge on any atom is 0.157 e. The molecular weight excluding hydrogens is 216 g/mol. The molecule has 0 aliphatic rings. The van der Waals surface area contributed by atoms with Crippen molar-refractivity contribution >= 4 is 23.1 Å². The lowest BCUT2D eigenvalue weighted by molar-refractivity contribution is 0.194. The third-order valence-electron chi connectivity index (χ3n) is 1.90. The molecule has 0 saturated carbocycles. The maximum absolute atomic E-state index is 5.74. The van der Waals surface area contributed by atoms with Gasteiger partial charge < -0.3 is 15.8 Å². The number of hydrogen-bond donors (Lipinski definition) is 2. The Bertz CT molecular complexity index is 308. The molecule has 1 aromatic rings. The van der Waals surface area contributed by atoms with Crippen molar-refractivity contribution < 1.29 is 4.74 Å². The van der Waals surface area contributed by atoms with Crippen LogP contribution >= 0.6 is 11.6 Å². The van der Waals surface area contributed by atoms with E-state index in [2.05, 4.69) is 15.3 Å². The molecule has 0 unspecified atom stereocenters. The number of methoxy groups -OCH3 is 1. The number of nitrogen functional groups attached to an aromatic ring is 1. The Morgan fingerprint density at radius 1 is 1.47 bits per heavy atom. The predicted octanol–water partition coefficient (Wildman–Crippen LogP) is 1.55. The first-order chi connectivity index (χ1) is 7.25. The van der Waals surface area contributed by atoms with Gasteiger partial charge in [0.05, 0.1) is 0 Å². The van der Waals surface area contributed by atoms with E-state index in [9.17, 15) is 0 Å². The first-order valence-corrected chi connectivity index (χ1v) is 5.12. The van der Waals surface area contributed by atoms with Crippen molar-refractivity contribution in [1.29, 1.82) is 0 Å². The minimum atomic E-state index is 0.282. The minimum absolute atomic E-state index is 0.282. The maximum atomic E-state index is 5.74. The standard InChI is InChI=1S/C9H15ClN4O/c1-15-5-3-2-4-12-9-7(11)8(10)13-6-14-9/h6H,2-5,11H2,1H3,(H,12,13,14). The van der Waals surface area contributed by atoms with Gasteiger partial charge in [0.25, 0.3) is 0 Å². The van der Waals surface area contributed by atoms with Gasteiger partial charge in [-0.3, -0.25) is 0 Å². The first-order valence-electron chi connectivity index (χ1n) is 4.74. The summed E-state index contributed by atoms with van der Waals surface area (Å²) in [4.78, 5) is 7.76. The minimum Gasteiger partial charge on any atom is -0.393 e. The quantitative estimate of drug-likeness (QED) is 0.573. The number of rotatable bonds is 6. The Morgan fingerprint density at radius 2 is 2.27 bits per heavy atom. The number of unbranched alkanes of at least 4 members (excludes halogenated alkanes) is 1. The van der Waals surface area contributed by atoms with Gasteiger partial charge in [0.15, 0.2) is 11.0 Å². The van der Waals surface area contributed by atoms with Crippen LogP contribution in [0.2, 0.25) is 5.15 Å². The summed E-state index contributed by atoms with van der Waals surface area (Å²) < 4.78 is 4.94. The molecule has 3 N–H and O–H groups in total. The number of nitrogens with two attached hydrogens (primary N) is 1. The molecule has 0 aromatic carbocycles. The second-order valence-corrected chi connectivity index (χ2v) is 3.41. The van der Waals surface area contributed by atoms with Crippen molar-refractivity contribution in [2.45, 2.75) is 12.8 Å². The van der Waals surface area contributed by atoms with E-state index in [1.54, 1.807) is 7.11 Å². The summed E-state index contributed by atoms with van der Waals surface area (Å²) in [5.41, 5.74) is 6.07.